The van der Waals surface area contributed by atoms with Crippen molar-refractivity contribution in [3.05, 3.63) is 89.5 Å². The van der Waals surface area contributed by atoms with E-state index < -0.39 is 0 Å². The van der Waals surface area contributed by atoms with Gasteiger partial charge in [0.15, 0.2) is 0 Å². The normalized spacial score (nSPS) is 10.4. The summed E-state index contributed by atoms with van der Waals surface area (Å²) in [6.45, 7) is 2.61. The van der Waals surface area contributed by atoms with E-state index in [0.29, 0.717) is 24.2 Å². The molecule has 5 heteroatoms. The van der Waals surface area contributed by atoms with Gasteiger partial charge in [0.2, 0.25) is 0 Å². The lowest BCUT2D eigenvalue weighted by Gasteiger charge is -2.11. The Kier molecular flexibility index (Phi) is 6.15. The van der Waals surface area contributed by atoms with Crippen molar-refractivity contribution in [1.29, 1.82) is 0 Å². The number of carbonyl (C=O) groups excluding carboxylic acids is 1. The zero-order valence-corrected chi connectivity index (χ0v) is 15.2. The molecule has 2 aromatic carbocycles. The molecule has 27 heavy (non-hydrogen) atoms. The number of nitrogens with one attached hydrogen (secondary N) is 2. The summed E-state index contributed by atoms with van der Waals surface area (Å²) < 4.78 is 13.7. The van der Waals surface area contributed by atoms with E-state index in [1.54, 1.807) is 30.5 Å². The largest absolute Gasteiger partial charge is 0.385 e. The van der Waals surface area contributed by atoms with E-state index in [2.05, 4.69) is 15.6 Å². The molecule has 1 aromatic heterocycles. The molecule has 0 fully saturated rings. The third kappa shape index (κ3) is 4.91. The summed E-state index contributed by atoms with van der Waals surface area (Å²) in [4.78, 5) is 16.7. The number of benzene rings is 2. The molecular formula is C22H22FN3O. The maximum absolute atomic E-state index is 13.7. The number of aryl methyl sites for hydroxylation is 1. The standard InChI is InChI=1S/C22H22FN3O/c1-2-16-7-4-6-10-20(16)26-22(27)21-15-18(12-14-25-21)24-13-11-17-8-3-5-9-19(17)23/h3-10,12,14-15H,2,11,13H2,1H3,(H,24,25)(H,26,27). The summed E-state index contributed by atoms with van der Waals surface area (Å²) in [5, 5.41) is 6.13. The van der Waals surface area contributed by atoms with Crippen LogP contribution in [0.4, 0.5) is 15.8 Å². The van der Waals surface area contributed by atoms with Crippen molar-refractivity contribution in [2.75, 3.05) is 17.2 Å². The number of rotatable bonds is 7. The number of halogens is 1. The van der Waals surface area contributed by atoms with Crippen LogP contribution in [-0.2, 0) is 12.8 Å². The molecule has 0 atom stereocenters. The number of amides is 1. The Balaban J connectivity index is 1.63. The first kappa shape index (κ1) is 18.6. The van der Waals surface area contributed by atoms with E-state index in [-0.39, 0.29) is 11.7 Å². The van der Waals surface area contributed by atoms with Crippen LogP contribution in [0.3, 0.4) is 0 Å². The fourth-order valence-corrected chi connectivity index (χ4v) is 2.84. The topological polar surface area (TPSA) is 54.0 Å². The molecule has 0 spiro atoms. The maximum Gasteiger partial charge on any atom is 0.274 e. The van der Waals surface area contributed by atoms with Crippen molar-refractivity contribution >= 4 is 17.3 Å². The number of para-hydroxylation sites is 1. The van der Waals surface area contributed by atoms with Crippen molar-refractivity contribution < 1.29 is 9.18 Å². The summed E-state index contributed by atoms with van der Waals surface area (Å²) in [6, 6.07) is 17.9. The van der Waals surface area contributed by atoms with E-state index in [0.717, 1.165) is 23.4 Å². The summed E-state index contributed by atoms with van der Waals surface area (Å²) >= 11 is 0. The van der Waals surface area contributed by atoms with Crippen LogP contribution in [0.25, 0.3) is 0 Å². The average Bonchev–Trinajstić information content (AvgIpc) is 2.70. The maximum atomic E-state index is 13.7. The minimum absolute atomic E-state index is 0.205. The molecule has 1 heterocycles. The first-order valence-electron chi connectivity index (χ1n) is 9.00. The molecule has 0 aliphatic carbocycles. The smallest absolute Gasteiger partial charge is 0.274 e. The molecule has 2 N–H and O–H groups in total. The van der Waals surface area contributed by atoms with Gasteiger partial charge >= 0.3 is 0 Å². The van der Waals surface area contributed by atoms with E-state index in [1.165, 1.54) is 6.07 Å². The third-order valence-electron chi connectivity index (χ3n) is 4.32. The number of anilines is 2. The van der Waals surface area contributed by atoms with E-state index in [9.17, 15) is 9.18 Å². The molecule has 0 saturated heterocycles. The fourth-order valence-electron chi connectivity index (χ4n) is 2.84. The van der Waals surface area contributed by atoms with Crippen molar-refractivity contribution in [2.45, 2.75) is 19.8 Å². The quantitative estimate of drug-likeness (QED) is 0.640. The summed E-state index contributed by atoms with van der Waals surface area (Å²) in [5.41, 5.74) is 3.63. The molecule has 3 rings (SSSR count). The van der Waals surface area contributed by atoms with Crippen molar-refractivity contribution in [1.82, 2.24) is 4.98 Å². The molecule has 138 valence electrons. The molecule has 0 unspecified atom stereocenters. The van der Waals surface area contributed by atoms with Crippen LogP contribution in [0.5, 0.6) is 0 Å². The van der Waals surface area contributed by atoms with Gasteiger partial charge in [0, 0.05) is 24.1 Å². The van der Waals surface area contributed by atoms with Gasteiger partial charge < -0.3 is 10.6 Å². The molecule has 0 aliphatic heterocycles. The Bertz CT molecular complexity index is 927. The summed E-state index contributed by atoms with van der Waals surface area (Å²) in [5.74, 6) is -0.461. The van der Waals surface area contributed by atoms with E-state index >= 15 is 0 Å². The Morgan fingerprint density at radius 2 is 1.78 bits per heavy atom. The average molecular weight is 363 g/mol. The lowest BCUT2D eigenvalue weighted by molar-refractivity contribution is 0.102. The number of hydrogen-bond acceptors (Lipinski definition) is 3. The molecule has 0 radical (unpaired) electrons. The lowest BCUT2D eigenvalue weighted by atomic mass is 10.1. The zero-order chi connectivity index (χ0) is 19.1. The van der Waals surface area contributed by atoms with Gasteiger partial charge in [-0.15, -0.1) is 0 Å². The Morgan fingerprint density at radius 1 is 1.04 bits per heavy atom. The number of carbonyl (C=O) groups is 1. The Morgan fingerprint density at radius 3 is 2.56 bits per heavy atom. The number of aromatic nitrogens is 1. The lowest BCUT2D eigenvalue weighted by Crippen LogP contribution is -2.15. The second-order valence-electron chi connectivity index (χ2n) is 6.16. The summed E-state index contributed by atoms with van der Waals surface area (Å²) in [6.07, 6.45) is 2.98. The van der Waals surface area contributed by atoms with Gasteiger partial charge in [-0.1, -0.05) is 43.3 Å². The van der Waals surface area contributed by atoms with Crippen LogP contribution in [0.2, 0.25) is 0 Å². The second kappa shape index (κ2) is 8.94. The highest BCUT2D eigenvalue weighted by molar-refractivity contribution is 6.03. The molecule has 3 aromatic rings. The van der Waals surface area contributed by atoms with Crippen LogP contribution in [0.15, 0.2) is 66.9 Å². The molecule has 1 amide bonds. The van der Waals surface area contributed by atoms with Crippen LogP contribution < -0.4 is 10.6 Å². The second-order valence-corrected chi connectivity index (χ2v) is 6.16. The minimum Gasteiger partial charge on any atom is -0.385 e. The van der Waals surface area contributed by atoms with Gasteiger partial charge in [-0.05, 0) is 48.2 Å². The van der Waals surface area contributed by atoms with Gasteiger partial charge in [0.1, 0.15) is 11.5 Å². The zero-order valence-electron chi connectivity index (χ0n) is 15.2. The van der Waals surface area contributed by atoms with Gasteiger partial charge in [-0.3, -0.25) is 9.78 Å². The SMILES string of the molecule is CCc1ccccc1NC(=O)c1cc(NCCc2ccccc2F)ccn1. The monoisotopic (exact) mass is 363 g/mol. The highest BCUT2D eigenvalue weighted by atomic mass is 19.1. The van der Waals surface area contributed by atoms with Gasteiger partial charge in [0.05, 0.1) is 0 Å². The van der Waals surface area contributed by atoms with Crippen LogP contribution >= 0.6 is 0 Å². The highest BCUT2D eigenvalue weighted by Gasteiger charge is 2.10. The van der Waals surface area contributed by atoms with Crippen molar-refractivity contribution in [3.63, 3.8) is 0 Å². The Labute approximate surface area is 158 Å². The van der Waals surface area contributed by atoms with E-state index in [1.807, 2.05) is 37.3 Å². The predicted octanol–water partition coefficient (Wildman–Crippen LogP) is 4.69. The van der Waals surface area contributed by atoms with Crippen molar-refractivity contribution in [3.8, 4) is 0 Å². The number of pyridine rings is 1. The molecule has 4 nitrogen and oxygen atoms in total. The van der Waals surface area contributed by atoms with Crippen LogP contribution in [0.1, 0.15) is 28.5 Å². The Hall–Kier alpha value is -3.21. The first-order valence-corrected chi connectivity index (χ1v) is 9.00. The number of nitrogens with zero attached hydrogens (tertiary/aromatic N) is 1. The van der Waals surface area contributed by atoms with E-state index in [4.69, 9.17) is 0 Å². The van der Waals surface area contributed by atoms with Crippen LogP contribution in [0, 0.1) is 5.82 Å². The number of hydrogen-bond donors (Lipinski definition) is 2. The van der Waals surface area contributed by atoms with Gasteiger partial charge in [-0.25, -0.2) is 4.39 Å². The molecular weight excluding hydrogens is 341 g/mol. The predicted molar refractivity (Wildman–Crippen MR) is 107 cm³/mol. The minimum atomic E-state index is -0.256. The van der Waals surface area contributed by atoms with Crippen molar-refractivity contribution in [2.24, 2.45) is 0 Å². The van der Waals surface area contributed by atoms with Crippen LogP contribution in [-0.4, -0.2) is 17.4 Å². The summed E-state index contributed by atoms with van der Waals surface area (Å²) in [7, 11) is 0. The highest BCUT2D eigenvalue weighted by Crippen LogP contribution is 2.17. The molecule has 0 aliphatic rings. The fraction of sp³-hybridized carbons (Fsp3) is 0.182. The van der Waals surface area contributed by atoms with Gasteiger partial charge in [0.25, 0.3) is 5.91 Å². The molecule has 0 bridgehead atoms. The molecule has 0 saturated carbocycles. The first-order chi connectivity index (χ1) is 13.2. The third-order valence-corrected chi connectivity index (χ3v) is 4.32. The van der Waals surface area contributed by atoms with Gasteiger partial charge in [-0.2, -0.15) is 0 Å².